The first-order valence-corrected chi connectivity index (χ1v) is 4.02. The van der Waals surface area contributed by atoms with Crippen molar-refractivity contribution in [2.45, 2.75) is 26.9 Å². The highest BCUT2D eigenvalue weighted by atomic mass is 19.1. The predicted octanol–water partition coefficient (Wildman–Crippen LogP) is 2.92. The molecule has 0 bridgehead atoms. The first-order chi connectivity index (χ1) is 5.58. The Morgan fingerprint density at radius 1 is 1.25 bits per heavy atom. The average molecular weight is 168 g/mol. The summed E-state index contributed by atoms with van der Waals surface area (Å²) in [5, 5.41) is 0. The molecular weight excluding hydrogens is 155 g/mol. The summed E-state index contributed by atoms with van der Waals surface area (Å²) < 4.78 is 18.1. The summed E-state index contributed by atoms with van der Waals surface area (Å²) in [4.78, 5) is 0. The van der Waals surface area contributed by atoms with E-state index in [-0.39, 0.29) is 11.9 Å². The zero-order valence-electron chi connectivity index (χ0n) is 7.60. The van der Waals surface area contributed by atoms with Crippen LogP contribution in [0.4, 0.5) is 4.39 Å². The smallest absolute Gasteiger partial charge is 0.127 e. The van der Waals surface area contributed by atoms with Crippen LogP contribution in [-0.2, 0) is 0 Å². The lowest BCUT2D eigenvalue weighted by atomic mass is 10.2. The molecule has 1 aromatic rings. The number of rotatable bonds is 2. The van der Waals surface area contributed by atoms with Crippen LogP contribution in [0.5, 0.6) is 5.75 Å². The van der Waals surface area contributed by atoms with Crippen molar-refractivity contribution in [1.82, 2.24) is 0 Å². The molecule has 0 N–H and O–H groups in total. The number of aryl methyl sites for hydroxylation is 1. The van der Waals surface area contributed by atoms with E-state index in [2.05, 4.69) is 0 Å². The van der Waals surface area contributed by atoms with E-state index in [1.165, 1.54) is 12.1 Å². The molecule has 0 radical (unpaired) electrons. The Kier molecular flexibility index (Phi) is 2.69. The molecule has 66 valence electrons. The highest BCUT2D eigenvalue weighted by molar-refractivity contribution is 5.28. The van der Waals surface area contributed by atoms with Crippen LogP contribution in [0.15, 0.2) is 18.2 Å². The van der Waals surface area contributed by atoms with Crippen molar-refractivity contribution in [2.75, 3.05) is 0 Å². The Morgan fingerprint density at radius 2 is 1.92 bits per heavy atom. The third-order valence-electron chi connectivity index (χ3n) is 1.39. The van der Waals surface area contributed by atoms with Crippen molar-refractivity contribution in [3.63, 3.8) is 0 Å². The largest absolute Gasteiger partial charge is 0.491 e. The van der Waals surface area contributed by atoms with Crippen LogP contribution in [0.3, 0.4) is 0 Å². The van der Waals surface area contributed by atoms with Crippen LogP contribution >= 0.6 is 0 Å². The molecule has 2 heteroatoms. The molecule has 0 saturated carbocycles. The lowest BCUT2D eigenvalue weighted by molar-refractivity contribution is 0.241. The van der Waals surface area contributed by atoms with E-state index in [1.807, 2.05) is 26.8 Å². The van der Waals surface area contributed by atoms with Crippen LogP contribution in [0.2, 0.25) is 0 Å². The second-order valence-electron chi connectivity index (χ2n) is 3.13. The van der Waals surface area contributed by atoms with Gasteiger partial charge in [-0.25, -0.2) is 4.39 Å². The summed E-state index contributed by atoms with van der Waals surface area (Å²) >= 11 is 0. The van der Waals surface area contributed by atoms with Gasteiger partial charge in [-0.3, -0.25) is 0 Å². The molecule has 0 fully saturated rings. The molecule has 0 aliphatic rings. The number of benzene rings is 1. The van der Waals surface area contributed by atoms with E-state index in [0.29, 0.717) is 5.75 Å². The van der Waals surface area contributed by atoms with Gasteiger partial charge in [0.2, 0.25) is 0 Å². The van der Waals surface area contributed by atoms with Crippen molar-refractivity contribution < 1.29 is 9.13 Å². The van der Waals surface area contributed by atoms with Gasteiger partial charge in [-0.1, -0.05) is 0 Å². The fourth-order valence-electron chi connectivity index (χ4n) is 1.04. The monoisotopic (exact) mass is 168 g/mol. The van der Waals surface area contributed by atoms with Crippen LogP contribution in [0, 0.1) is 12.7 Å². The van der Waals surface area contributed by atoms with Crippen molar-refractivity contribution in [3.05, 3.63) is 29.6 Å². The lowest BCUT2D eigenvalue weighted by Crippen LogP contribution is -2.05. The van der Waals surface area contributed by atoms with Gasteiger partial charge in [0.15, 0.2) is 0 Å². The third kappa shape index (κ3) is 2.53. The van der Waals surface area contributed by atoms with E-state index in [0.717, 1.165) is 5.56 Å². The molecular formula is C10H13FO. The van der Waals surface area contributed by atoms with Gasteiger partial charge in [0.1, 0.15) is 11.6 Å². The molecule has 1 aromatic carbocycles. The van der Waals surface area contributed by atoms with Gasteiger partial charge < -0.3 is 4.74 Å². The SMILES string of the molecule is Cc1cc(F)cc(OC(C)C)c1. The molecule has 0 spiro atoms. The van der Waals surface area contributed by atoms with Crippen molar-refractivity contribution in [2.24, 2.45) is 0 Å². The van der Waals surface area contributed by atoms with E-state index < -0.39 is 0 Å². The molecule has 0 saturated heterocycles. The summed E-state index contributed by atoms with van der Waals surface area (Å²) in [7, 11) is 0. The fourth-order valence-corrected chi connectivity index (χ4v) is 1.04. The highest BCUT2D eigenvalue weighted by Gasteiger charge is 2.00. The Morgan fingerprint density at radius 3 is 2.42 bits per heavy atom. The minimum atomic E-state index is -0.245. The molecule has 0 heterocycles. The van der Waals surface area contributed by atoms with Gasteiger partial charge in [-0.15, -0.1) is 0 Å². The van der Waals surface area contributed by atoms with Gasteiger partial charge in [0.25, 0.3) is 0 Å². The molecule has 1 rings (SSSR count). The molecule has 0 unspecified atom stereocenters. The van der Waals surface area contributed by atoms with E-state index in [1.54, 1.807) is 0 Å². The van der Waals surface area contributed by atoms with Crippen LogP contribution in [-0.4, -0.2) is 6.10 Å². The third-order valence-corrected chi connectivity index (χ3v) is 1.39. The van der Waals surface area contributed by atoms with Gasteiger partial charge in [0.05, 0.1) is 6.10 Å². The standard InChI is InChI=1S/C10H13FO/c1-7(2)12-10-5-8(3)4-9(11)6-10/h4-7H,1-3H3. The van der Waals surface area contributed by atoms with E-state index in [9.17, 15) is 4.39 Å². The Bertz CT molecular complexity index is 248. The van der Waals surface area contributed by atoms with E-state index >= 15 is 0 Å². The predicted molar refractivity (Wildman–Crippen MR) is 46.9 cm³/mol. The number of halogens is 1. The minimum Gasteiger partial charge on any atom is -0.491 e. The summed E-state index contributed by atoms with van der Waals surface area (Å²) in [6.45, 7) is 5.68. The molecule has 0 atom stereocenters. The average Bonchev–Trinajstić information content (AvgIpc) is 1.81. The fraction of sp³-hybridized carbons (Fsp3) is 0.400. The second kappa shape index (κ2) is 3.57. The summed E-state index contributed by atoms with van der Waals surface area (Å²) in [5.74, 6) is 0.355. The van der Waals surface area contributed by atoms with Gasteiger partial charge in [0, 0.05) is 6.07 Å². The number of ether oxygens (including phenoxy) is 1. The molecule has 12 heavy (non-hydrogen) atoms. The number of hydrogen-bond donors (Lipinski definition) is 0. The maximum Gasteiger partial charge on any atom is 0.127 e. The summed E-state index contributed by atoms with van der Waals surface area (Å²) in [6.07, 6.45) is 0.0891. The Balaban J connectivity index is 2.85. The van der Waals surface area contributed by atoms with Gasteiger partial charge in [-0.05, 0) is 38.5 Å². The topological polar surface area (TPSA) is 9.23 Å². The first-order valence-electron chi connectivity index (χ1n) is 4.02. The molecule has 0 amide bonds. The summed E-state index contributed by atoms with van der Waals surface area (Å²) in [6, 6.07) is 4.70. The molecule has 0 aliphatic heterocycles. The quantitative estimate of drug-likeness (QED) is 0.659. The maximum atomic E-state index is 12.8. The maximum absolute atomic E-state index is 12.8. The van der Waals surface area contributed by atoms with Crippen molar-refractivity contribution >= 4 is 0 Å². The molecule has 0 aromatic heterocycles. The first kappa shape index (κ1) is 9.04. The zero-order valence-corrected chi connectivity index (χ0v) is 7.60. The minimum absolute atomic E-state index is 0.0891. The van der Waals surface area contributed by atoms with E-state index in [4.69, 9.17) is 4.74 Å². The zero-order chi connectivity index (χ0) is 9.14. The normalized spacial score (nSPS) is 10.4. The van der Waals surface area contributed by atoms with Crippen LogP contribution < -0.4 is 4.74 Å². The van der Waals surface area contributed by atoms with Gasteiger partial charge >= 0.3 is 0 Å². The van der Waals surface area contributed by atoms with Crippen LogP contribution in [0.1, 0.15) is 19.4 Å². The van der Waals surface area contributed by atoms with Crippen molar-refractivity contribution in [1.29, 1.82) is 0 Å². The van der Waals surface area contributed by atoms with Crippen molar-refractivity contribution in [3.8, 4) is 5.75 Å². The van der Waals surface area contributed by atoms with Gasteiger partial charge in [-0.2, -0.15) is 0 Å². The molecule has 1 nitrogen and oxygen atoms in total. The molecule has 0 aliphatic carbocycles. The Hall–Kier alpha value is -1.05. The highest BCUT2D eigenvalue weighted by Crippen LogP contribution is 2.16. The second-order valence-corrected chi connectivity index (χ2v) is 3.13. The number of hydrogen-bond acceptors (Lipinski definition) is 1. The lowest BCUT2D eigenvalue weighted by Gasteiger charge is -2.09. The summed E-state index contributed by atoms with van der Waals surface area (Å²) in [5.41, 5.74) is 0.880. The Labute approximate surface area is 72.2 Å². The van der Waals surface area contributed by atoms with Crippen LogP contribution in [0.25, 0.3) is 0 Å².